The molecule has 0 saturated carbocycles. The lowest BCUT2D eigenvalue weighted by Crippen LogP contribution is -2.52. The van der Waals surface area contributed by atoms with Crippen LogP contribution in [-0.2, 0) is 6.54 Å². The average molecular weight is 329 g/mol. The topological polar surface area (TPSA) is 45.2 Å². The molecule has 0 aliphatic carbocycles. The lowest BCUT2D eigenvalue weighted by molar-refractivity contribution is 0.0539. The van der Waals surface area contributed by atoms with Crippen molar-refractivity contribution in [3.63, 3.8) is 0 Å². The van der Waals surface area contributed by atoms with E-state index >= 15 is 0 Å². The highest BCUT2D eigenvalue weighted by Gasteiger charge is 2.24. The number of hydrogen-bond donors (Lipinski definition) is 1. The number of hydrogen-bond acceptors (Lipinski definition) is 5. The molecule has 1 aromatic carbocycles. The molecule has 5 nitrogen and oxygen atoms in total. The lowest BCUT2D eigenvalue weighted by atomic mass is 10.1. The summed E-state index contributed by atoms with van der Waals surface area (Å²) in [5, 5.41) is 10.1. The van der Waals surface area contributed by atoms with E-state index in [1.54, 1.807) is 7.11 Å². The molecule has 0 spiro atoms. The van der Waals surface area contributed by atoms with Crippen molar-refractivity contribution in [3.05, 3.63) is 22.7 Å². The van der Waals surface area contributed by atoms with Crippen LogP contribution < -0.4 is 9.47 Å². The van der Waals surface area contributed by atoms with E-state index in [2.05, 4.69) is 9.80 Å². The first-order chi connectivity index (χ1) is 10.6. The standard InChI is InChI=1S/C16H25ClN2O3/c1-4-22-16-7-12(14(17)8-15(16)21-3)9-19-6-5-18(2)13(10-19)11-20/h7-8,13,20H,4-6,9-11H2,1-3H3/t13-/m1/s1. The molecule has 1 heterocycles. The van der Waals surface area contributed by atoms with Gasteiger partial charge in [-0.15, -0.1) is 0 Å². The molecule has 0 aromatic heterocycles. The highest BCUT2D eigenvalue weighted by Crippen LogP contribution is 2.34. The Morgan fingerprint density at radius 1 is 1.32 bits per heavy atom. The summed E-state index contributed by atoms with van der Waals surface area (Å²) < 4.78 is 10.9. The molecular weight excluding hydrogens is 304 g/mol. The van der Waals surface area contributed by atoms with Gasteiger partial charge in [-0.25, -0.2) is 0 Å². The van der Waals surface area contributed by atoms with E-state index in [1.165, 1.54) is 0 Å². The van der Waals surface area contributed by atoms with Crippen molar-refractivity contribution < 1.29 is 14.6 Å². The summed E-state index contributed by atoms with van der Waals surface area (Å²) in [7, 11) is 3.66. The highest BCUT2D eigenvalue weighted by atomic mass is 35.5. The number of rotatable bonds is 6. The summed E-state index contributed by atoms with van der Waals surface area (Å²) in [4.78, 5) is 4.50. The van der Waals surface area contributed by atoms with Crippen molar-refractivity contribution in [2.75, 3.05) is 47.0 Å². The third-order valence-electron chi connectivity index (χ3n) is 4.10. The number of methoxy groups -OCH3 is 1. The number of benzene rings is 1. The van der Waals surface area contributed by atoms with Crippen molar-refractivity contribution in [1.82, 2.24) is 9.80 Å². The third-order valence-corrected chi connectivity index (χ3v) is 4.45. The molecule has 1 aliphatic rings. The number of ether oxygens (including phenoxy) is 2. The number of aliphatic hydroxyl groups is 1. The number of likely N-dealkylation sites (N-methyl/N-ethyl adjacent to an activating group) is 1. The molecule has 1 aromatic rings. The molecule has 1 aliphatic heterocycles. The molecular formula is C16H25ClN2O3. The Balaban J connectivity index is 2.13. The Morgan fingerprint density at radius 2 is 2.09 bits per heavy atom. The number of halogens is 1. The predicted octanol–water partition coefficient (Wildman–Crippen LogP) is 1.86. The second-order valence-corrected chi connectivity index (χ2v) is 5.99. The molecule has 22 heavy (non-hydrogen) atoms. The van der Waals surface area contributed by atoms with Crippen LogP contribution >= 0.6 is 11.6 Å². The first kappa shape index (κ1) is 17.3. The van der Waals surface area contributed by atoms with Crippen LogP contribution in [0.5, 0.6) is 11.5 Å². The molecule has 2 rings (SSSR count). The van der Waals surface area contributed by atoms with E-state index in [4.69, 9.17) is 21.1 Å². The second kappa shape index (κ2) is 8.02. The van der Waals surface area contributed by atoms with Crippen molar-refractivity contribution >= 4 is 11.6 Å². The van der Waals surface area contributed by atoms with Crippen molar-refractivity contribution in [2.45, 2.75) is 19.5 Å². The number of nitrogens with zero attached hydrogens (tertiary/aromatic N) is 2. The normalized spacial score (nSPS) is 20.1. The summed E-state index contributed by atoms with van der Waals surface area (Å²) in [6, 6.07) is 3.94. The SMILES string of the molecule is CCOc1cc(CN2CCN(C)[C@@H](CO)C2)c(Cl)cc1OC. The second-order valence-electron chi connectivity index (χ2n) is 5.58. The summed E-state index contributed by atoms with van der Waals surface area (Å²) in [6.45, 7) is 6.18. The fourth-order valence-corrected chi connectivity index (χ4v) is 2.93. The Kier molecular flexibility index (Phi) is 6.32. The molecule has 124 valence electrons. The van der Waals surface area contributed by atoms with Gasteiger partial charge in [0.15, 0.2) is 11.5 Å². The van der Waals surface area contributed by atoms with Gasteiger partial charge in [0.2, 0.25) is 0 Å². The van der Waals surface area contributed by atoms with Gasteiger partial charge in [0.25, 0.3) is 0 Å². The van der Waals surface area contributed by atoms with E-state index in [0.717, 1.165) is 37.5 Å². The molecule has 1 saturated heterocycles. The fraction of sp³-hybridized carbons (Fsp3) is 0.625. The molecule has 1 fully saturated rings. The van der Waals surface area contributed by atoms with Crippen molar-refractivity contribution in [3.8, 4) is 11.5 Å². The third kappa shape index (κ3) is 4.04. The zero-order valence-corrected chi connectivity index (χ0v) is 14.3. The van der Waals surface area contributed by atoms with Crippen LogP contribution in [0.3, 0.4) is 0 Å². The molecule has 1 atom stereocenters. The summed E-state index contributed by atoms with van der Waals surface area (Å²) >= 11 is 6.38. The van der Waals surface area contributed by atoms with Crippen LogP contribution in [0.25, 0.3) is 0 Å². The number of piperazine rings is 1. The smallest absolute Gasteiger partial charge is 0.162 e. The van der Waals surface area contributed by atoms with Gasteiger partial charge in [-0.3, -0.25) is 9.80 Å². The Morgan fingerprint density at radius 3 is 2.73 bits per heavy atom. The monoisotopic (exact) mass is 328 g/mol. The summed E-state index contributed by atoms with van der Waals surface area (Å²) in [5.74, 6) is 1.37. The maximum Gasteiger partial charge on any atom is 0.162 e. The molecule has 0 unspecified atom stereocenters. The summed E-state index contributed by atoms with van der Waals surface area (Å²) in [5.41, 5.74) is 1.02. The maximum absolute atomic E-state index is 9.45. The van der Waals surface area contributed by atoms with Crippen LogP contribution in [0.1, 0.15) is 12.5 Å². The quantitative estimate of drug-likeness (QED) is 0.863. The van der Waals surface area contributed by atoms with Gasteiger partial charge in [-0.05, 0) is 25.6 Å². The molecule has 0 radical (unpaired) electrons. The van der Waals surface area contributed by atoms with Gasteiger partial charge < -0.3 is 14.6 Å². The fourth-order valence-electron chi connectivity index (χ4n) is 2.72. The van der Waals surface area contributed by atoms with E-state index in [1.807, 2.05) is 26.1 Å². The predicted molar refractivity (Wildman–Crippen MR) is 88.0 cm³/mol. The van der Waals surface area contributed by atoms with Crippen molar-refractivity contribution in [2.24, 2.45) is 0 Å². The molecule has 0 amide bonds. The van der Waals surface area contributed by atoms with Gasteiger partial charge in [0.05, 0.1) is 20.3 Å². The minimum atomic E-state index is 0.174. The first-order valence-electron chi connectivity index (χ1n) is 7.61. The Hall–Kier alpha value is -1.01. The van der Waals surface area contributed by atoms with Gasteiger partial charge >= 0.3 is 0 Å². The Labute approximate surface area is 137 Å². The van der Waals surface area contributed by atoms with E-state index in [9.17, 15) is 5.11 Å². The average Bonchev–Trinajstić information content (AvgIpc) is 2.52. The first-order valence-corrected chi connectivity index (χ1v) is 7.99. The van der Waals surface area contributed by atoms with Crippen LogP contribution in [0.15, 0.2) is 12.1 Å². The minimum Gasteiger partial charge on any atom is -0.493 e. The zero-order valence-electron chi connectivity index (χ0n) is 13.5. The van der Waals surface area contributed by atoms with Gasteiger partial charge in [-0.1, -0.05) is 11.6 Å². The lowest BCUT2D eigenvalue weighted by Gasteiger charge is -2.38. The maximum atomic E-state index is 9.45. The summed E-state index contributed by atoms with van der Waals surface area (Å²) in [6.07, 6.45) is 0. The van der Waals surface area contributed by atoms with Crippen LogP contribution in [0.4, 0.5) is 0 Å². The van der Waals surface area contributed by atoms with Gasteiger partial charge in [0, 0.05) is 43.3 Å². The molecule has 1 N–H and O–H groups in total. The van der Waals surface area contributed by atoms with Crippen molar-refractivity contribution in [1.29, 1.82) is 0 Å². The van der Waals surface area contributed by atoms with Gasteiger partial charge in [-0.2, -0.15) is 0 Å². The molecule has 6 heteroatoms. The minimum absolute atomic E-state index is 0.174. The van der Waals surface area contributed by atoms with Crippen LogP contribution in [-0.4, -0.2) is 68.0 Å². The van der Waals surface area contributed by atoms with E-state index in [-0.39, 0.29) is 12.6 Å². The number of aliphatic hydroxyl groups excluding tert-OH is 1. The largest absolute Gasteiger partial charge is 0.493 e. The van der Waals surface area contributed by atoms with Gasteiger partial charge in [0.1, 0.15) is 0 Å². The van der Waals surface area contributed by atoms with E-state index in [0.29, 0.717) is 17.4 Å². The molecule has 0 bridgehead atoms. The zero-order chi connectivity index (χ0) is 16.1. The van der Waals surface area contributed by atoms with Crippen LogP contribution in [0.2, 0.25) is 5.02 Å². The van der Waals surface area contributed by atoms with Crippen LogP contribution in [0, 0.1) is 0 Å². The highest BCUT2D eigenvalue weighted by molar-refractivity contribution is 6.31. The Bertz CT molecular complexity index is 499. The van der Waals surface area contributed by atoms with E-state index < -0.39 is 0 Å².